The van der Waals surface area contributed by atoms with Crippen LogP contribution in [-0.4, -0.2) is 20.1 Å². The Labute approximate surface area is 149 Å². The number of carbonyl (C=O) groups is 1. The van der Waals surface area contributed by atoms with E-state index < -0.39 is 15.7 Å². The molecule has 1 heterocycles. The molecule has 2 rings (SSSR count). The highest BCUT2D eigenvalue weighted by Crippen LogP contribution is 2.31. The number of nitrogens with zero attached hydrogens (tertiary/aromatic N) is 1. The van der Waals surface area contributed by atoms with E-state index in [1.54, 1.807) is 0 Å². The van der Waals surface area contributed by atoms with Gasteiger partial charge in [-0.25, -0.2) is 8.42 Å². The number of benzene rings is 1. The molecule has 0 aliphatic rings. The summed E-state index contributed by atoms with van der Waals surface area (Å²) in [6, 6.07) is 7.86. The number of hydrogen-bond acceptors (Lipinski definition) is 5. The van der Waals surface area contributed by atoms with Crippen LogP contribution in [-0.2, 0) is 14.6 Å². The lowest BCUT2D eigenvalue weighted by molar-refractivity contribution is -0.115. The van der Waals surface area contributed by atoms with Crippen molar-refractivity contribution in [2.75, 3.05) is 11.1 Å². The van der Waals surface area contributed by atoms with Gasteiger partial charge in [-0.3, -0.25) is 4.79 Å². The number of sulfone groups is 1. The van der Waals surface area contributed by atoms with E-state index >= 15 is 0 Å². The molecule has 0 unspecified atom stereocenters. The summed E-state index contributed by atoms with van der Waals surface area (Å²) in [7, 11) is -3.56. The number of rotatable bonds is 5. The SMILES string of the molecule is Cc1sc(NC(=O)CCS(=O)(=O)c2ccc(Cl)cc2)c(C#N)c1C. The fourth-order valence-corrected chi connectivity index (χ4v) is 4.42. The molecule has 0 saturated carbocycles. The molecular formula is C16H15ClN2O3S2. The van der Waals surface area contributed by atoms with Crippen molar-refractivity contribution >= 4 is 43.7 Å². The molecule has 1 aromatic heterocycles. The lowest BCUT2D eigenvalue weighted by Gasteiger charge is -2.06. The highest BCUT2D eigenvalue weighted by Gasteiger charge is 2.19. The summed E-state index contributed by atoms with van der Waals surface area (Å²) < 4.78 is 24.4. The number of hydrogen-bond donors (Lipinski definition) is 1. The predicted octanol–water partition coefficient (Wildman–Crippen LogP) is 3.69. The minimum atomic E-state index is -3.56. The highest BCUT2D eigenvalue weighted by molar-refractivity contribution is 7.91. The monoisotopic (exact) mass is 382 g/mol. The van der Waals surface area contributed by atoms with Crippen molar-refractivity contribution in [3.8, 4) is 6.07 Å². The van der Waals surface area contributed by atoms with Gasteiger partial charge in [-0.05, 0) is 43.7 Å². The Balaban J connectivity index is 2.05. The predicted molar refractivity (Wildman–Crippen MR) is 95.3 cm³/mol. The number of carbonyl (C=O) groups excluding carboxylic acids is 1. The van der Waals surface area contributed by atoms with E-state index in [4.69, 9.17) is 16.9 Å². The Morgan fingerprint density at radius 1 is 1.29 bits per heavy atom. The average molecular weight is 383 g/mol. The summed E-state index contributed by atoms with van der Waals surface area (Å²) in [6.45, 7) is 3.67. The number of aryl methyl sites for hydroxylation is 1. The van der Waals surface area contributed by atoms with Gasteiger partial charge in [0.2, 0.25) is 5.91 Å². The molecular weight excluding hydrogens is 368 g/mol. The first kappa shape index (κ1) is 18.5. The topological polar surface area (TPSA) is 87.0 Å². The smallest absolute Gasteiger partial charge is 0.226 e. The van der Waals surface area contributed by atoms with Gasteiger partial charge in [-0.15, -0.1) is 11.3 Å². The maximum Gasteiger partial charge on any atom is 0.226 e. The third kappa shape index (κ3) is 4.15. The standard InChI is InChI=1S/C16H15ClN2O3S2/c1-10-11(2)23-16(14(10)9-18)19-15(20)7-8-24(21,22)13-5-3-12(17)4-6-13/h3-6H,7-8H2,1-2H3,(H,19,20). The molecule has 0 fully saturated rings. The Bertz CT molecular complexity index is 910. The van der Waals surface area contributed by atoms with E-state index in [0.717, 1.165) is 10.4 Å². The average Bonchev–Trinajstić information content (AvgIpc) is 2.79. The van der Waals surface area contributed by atoms with Gasteiger partial charge >= 0.3 is 0 Å². The summed E-state index contributed by atoms with van der Waals surface area (Å²) in [4.78, 5) is 13.1. The van der Waals surface area contributed by atoms with Gasteiger partial charge in [0, 0.05) is 16.3 Å². The molecule has 8 heteroatoms. The lowest BCUT2D eigenvalue weighted by Crippen LogP contribution is -2.17. The van der Waals surface area contributed by atoms with Gasteiger partial charge in [0.1, 0.15) is 11.1 Å². The second kappa shape index (κ2) is 7.34. The van der Waals surface area contributed by atoms with Crippen molar-refractivity contribution in [2.45, 2.75) is 25.2 Å². The molecule has 1 N–H and O–H groups in total. The summed E-state index contributed by atoms with van der Waals surface area (Å²) in [6.07, 6.45) is -0.189. The van der Waals surface area contributed by atoms with E-state index in [1.165, 1.54) is 35.6 Å². The maximum absolute atomic E-state index is 12.2. The van der Waals surface area contributed by atoms with E-state index in [0.29, 0.717) is 15.6 Å². The number of nitrogens with one attached hydrogen (secondary N) is 1. The molecule has 0 radical (unpaired) electrons. The van der Waals surface area contributed by atoms with Gasteiger partial charge in [0.25, 0.3) is 0 Å². The molecule has 126 valence electrons. The lowest BCUT2D eigenvalue weighted by atomic mass is 10.2. The van der Waals surface area contributed by atoms with Gasteiger partial charge in [-0.2, -0.15) is 5.26 Å². The molecule has 2 aromatic rings. The van der Waals surface area contributed by atoms with Crippen LogP contribution in [0.3, 0.4) is 0 Å². The van der Waals surface area contributed by atoms with Crippen molar-refractivity contribution in [3.63, 3.8) is 0 Å². The van der Waals surface area contributed by atoms with Crippen molar-refractivity contribution in [3.05, 3.63) is 45.3 Å². The molecule has 0 atom stereocenters. The number of nitriles is 1. The fraction of sp³-hybridized carbons (Fsp3) is 0.250. The van der Waals surface area contributed by atoms with Crippen molar-refractivity contribution in [1.82, 2.24) is 0 Å². The largest absolute Gasteiger partial charge is 0.317 e. The first-order chi connectivity index (χ1) is 11.2. The molecule has 5 nitrogen and oxygen atoms in total. The zero-order chi connectivity index (χ0) is 17.9. The minimum absolute atomic E-state index is 0.125. The quantitative estimate of drug-likeness (QED) is 0.854. The van der Waals surface area contributed by atoms with Gasteiger partial charge in [0.15, 0.2) is 9.84 Å². The maximum atomic E-state index is 12.2. The van der Waals surface area contributed by atoms with Crippen molar-refractivity contribution < 1.29 is 13.2 Å². The molecule has 0 spiro atoms. The number of anilines is 1. The first-order valence-electron chi connectivity index (χ1n) is 7.03. The number of halogens is 1. The first-order valence-corrected chi connectivity index (χ1v) is 9.87. The van der Waals surface area contributed by atoms with Gasteiger partial charge in [0.05, 0.1) is 16.2 Å². The van der Waals surface area contributed by atoms with Crippen LogP contribution in [0.1, 0.15) is 22.4 Å². The summed E-state index contributed by atoms with van der Waals surface area (Å²) in [5.41, 5.74) is 1.25. The van der Waals surface area contributed by atoms with Gasteiger partial charge < -0.3 is 5.32 Å². The molecule has 0 aliphatic heterocycles. The van der Waals surface area contributed by atoms with Crippen molar-refractivity contribution in [2.24, 2.45) is 0 Å². The van der Waals surface area contributed by atoms with E-state index in [1.807, 2.05) is 13.8 Å². The van der Waals surface area contributed by atoms with Crippen LogP contribution in [0, 0.1) is 25.2 Å². The molecule has 24 heavy (non-hydrogen) atoms. The zero-order valence-electron chi connectivity index (χ0n) is 13.1. The fourth-order valence-electron chi connectivity index (χ4n) is 2.03. The van der Waals surface area contributed by atoms with E-state index in [9.17, 15) is 13.2 Å². The number of thiophene rings is 1. The van der Waals surface area contributed by atoms with Crippen LogP contribution in [0.25, 0.3) is 0 Å². The van der Waals surface area contributed by atoms with E-state index in [-0.39, 0.29) is 17.1 Å². The Morgan fingerprint density at radius 3 is 2.50 bits per heavy atom. The normalized spacial score (nSPS) is 11.1. The third-order valence-electron chi connectivity index (χ3n) is 3.52. The Kier molecular flexibility index (Phi) is 5.65. The zero-order valence-corrected chi connectivity index (χ0v) is 15.5. The van der Waals surface area contributed by atoms with Crippen LogP contribution in [0.5, 0.6) is 0 Å². The Hall–Kier alpha value is -1.88. The van der Waals surface area contributed by atoms with E-state index in [2.05, 4.69) is 11.4 Å². The summed E-state index contributed by atoms with van der Waals surface area (Å²) in [5, 5.41) is 12.7. The van der Waals surface area contributed by atoms with Crippen LogP contribution >= 0.6 is 22.9 Å². The van der Waals surface area contributed by atoms with Gasteiger partial charge in [-0.1, -0.05) is 11.6 Å². The van der Waals surface area contributed by atoms with Crippen LogP contribution < -0.4 is 5.32 Å². The highest BCUT2D eigenvalue weighted by atomic mass is 35.5. The van der Waals surface area contributed by atoms with Crippen LogP contribution in [0.4, 0.5) is 5.00 Å². The van der Waals surface area contributed by atoms with Crippen LogP contribution in [0.2, 0.25) is 5.02 Å². The molecule has 0 aliphatic carbocycles. The second-order valence-corrected chi connectivity index (χ2v) is 8.94. The Morgan fingerprint density at radius 2 is 1.92 bits per heavy atom. The molecule has 1 aromatic carbocycles. The molecule has 0 saturated heterocycles. The van der Waals surface area contributed by atoms with Crippen LogP contribution in [0.15, 0.2) is 29.2 Å². The number of amides is 1. The third-order valence-corrected chi connectivity index (χ3v) is 6.63. The summed E-state index contributed by atoms with van der Waals surface area (Å²) in [5.74, 6) is -0.753. The minimum Gasteiger partial charge on any atom is -0.317 e. The molecule has 0 bridgehead atoms. The second-order valence-electron chi connectivity index (χ2n) is 5.17. The summed E-state index contributed by atoms with van der Waals surface area (Å²) >= 11 is 7.05. The van der Waals surface area contributed by atoms with Crippen molar-refractivity contribution in [1.29, 1.82) is 5.26 Å². The molecule has 1 amide bonds.